The zero-order valence-corrected chi connectivity index (χ0v) is 6.53. The standard InChI is InChI=1S/C5H13NOSi/c1-8(2)5-6-3-4-7-8/h6H,3-5H2,1-2H3. The molecule has 0 aromatic heterocycles. The second-order valence-electron chi connectivity index (χ2n) is 2.78. The van der Waals surface area contributed by atoms with Gasteiger partial charge in [-0.15, -0.1) is 0 Å². The zero-order valence-electron chi connectivity index (χ0n) is 5.53. The first-order chi connectivity index (χ1) is 3.71. The molecule has 0 aromatic carbocycles. The van der Waals surface area contributed by atoms with Crippen LogP contribution < -0.4 is 5.32 Å². The van der Waals surface area contributed by atoms with Crippen LogP contribution in [-0.2, 0) is 4.43 Å². The van der Waals surface area contributed by atoms with Crippen molar-refractivity contribution in [1.29, 1.82) is 0 Å². The van der Waals surface area contributed by atoms with E-state index >= 15 is 0 Å². The summed E-state index contributed by atoms with van der Waals surface area (Å²) in [5, 5.41) is 3.31. The van der Waals surface area contributed by atoms with Gasteiger partial charge in [-0.3, -0.25) is 0 Å². The van der Waals surface area contributed by atoms with Crippen molar-refractivity contribution in [3.8, 4) is 0 Å². The van der Waals surface area contributed by atoms with Gasteiger partial charge in [0, 0.05) is 19.3 Å². The Morgan fingerprint density at radius 2 is 2.25 bits per heavy atom. The molecule has 0 saturated carbocycles. The summed E-state index contributed by atoms with van der Waals surface area (Å²) in [7, 11) is -1.20. The fraction of sp³-hybridized carbons (Fsp3) is 1.00. The lowest BCUT2D eigenvalue weighted by Crippen LogP contribution is -2.49. The van der Waals surface area contributed by atoms with Crippen LogP contribution in [0.3, 0.4) is 0 Å². The second-order valence-corrected chi connectivity index (χ2v) is 6.95. The monoisotopic (exact) mass is 131 g/mol. The first-order valence-electron chi connectivity index (χ1n) is 3.05. The molecule has 2 nitrogen and oxygen atoms in total. The van der Waals surface area contributed by atoms with Crippen molar-refractivity contribution in [3.05, 3.63) is 0 Å². The van der Waals surface area contributed by atoms with Crippen LogP contribution in [-0.4, -0.2) is 27.6 Å². The first kappa shape index (κ1) is 6.26. The van der Waals surface area contributed by atoms with E-state index in [0.717, 1.165) is 19.3 Å². The lowest BCUT2D eigenvalue weighted by molar-refractivity contribution is 0.280. The molecule has 1 saturated heterocycles. The summed E-state index contributed by atoms with van der Waals surface area (Å²) in [6.45, 7) is 6.42. The molecule has 0 atom stereocenters. The Balaban J connectivity index is 2.33. The van der Waals surface area contributed by atoms with Crippen molar-refractivity contribution < 1.29 is 4.43 Å². The van der Waals surface area contributed by atoms with Gasteiger partial charge in [0.2, 0.25) is 0 Å². The Morgan fingerprint density at radius 3 is 2.50 bits per heavy atom. The molecule has 1 heterocycles. The highest BCUT2D eigenvalue weighted by molar-refractivity contribution is 6.71. The summed E-state index contributed by atoms with van der Waals surface area (Å²) in [5.74, 6) is 0. The Labute approximate surface area is 51.4 Å². The molecule has 3 heteroatoms. The van der Waals surface area contributed by atoms with Crippen LogP contribution in [0.2, 0.25) is 13.1 Å². The predicted molar refractivity (Wildman–Crippen MR) is 36.3 cm³/mol. The molecular formula is C5H13NOSi. The topological polar surface area (TPSA) is 21.3 Å². The quantitative estimate of drug-likeness (QED) is 0.479. The average molecular weight is 131 g/mol. The van der Waals surface area contributed by atoms with E-state index in [4.69, 9.17) is 4.43 Å². The van der Waals surface area contributed by atoms with E-state index in [-0.39, 0.29) is 0 Å². The zero-order chi connectivity index (χ0) is 6.04. The van der Waals surface area contributed by atoms with E-state index in [2.05, 4.69) is 18.4 Å². The van der Waals surface area contributed by atoms with Crippen LogP contribution in [0.4, 0.5) is 0 Å². The Kier molecular flexibility index (Phi) is 1.70. The van der Waals surface area contributed by atoms with Gasteiger partial charge in [-0.1, -0.05) is 0 Å². The first-order valence-corrected chi connectivity index (χ1v) is 6.17. The summed E-state index contributed by atoms with van der Waals surface area (Å²) in [5.41, 5.74) is 0. The van der Waals surface area contributed by atoms with Gasteiger partial charge in [-0.05, 0) is 13.1 Å². The van der Waals surface area contributed by atoms with E-state index in [9.17, 15) is 0 Å². The average Bonchev–Trinajstić information content (AvgIpc) is 1.65. The van der Waals surface area contributed by atoms with Gasteiger partial charge in [0.05, 0.1) is 0 Å². The SMILES string of the molecule is C[Si]1(C)CNCCO1. The smallest absolute Gasteiger partial charge is 0.200 e. The summed E-state index contributed by atoms with van der Waals surface area (Å²) < 4.78 is 5.54. The van der Waals surface area contributed by atoms with Gasteiger partial charge < -0.3 is 9.74 Å². The van der Waals surface area contributed by atoms with E-state index in [1.807, 2.05) is 0 Å². The van der Waals surface area contributed by atoms with E-state index < -0.39 is 8.32 Å². The lowest BCUT2D eigenvalue weighted by Gasteiger charge is -2.28. The Hall–Kier alpha value is 0.137. The van der Waals surface area contributed by atoms with Crippen LogP contribution in [0.5, 0.6) is 0 Å². The highest BCUT2D eigenvalue weighted by Crippen LogP contribution is 2.04. The Bertz CT molecular complexity index is 76.5. The molecule has 0 unspecified atom stereocenters. The summed E-state index contributed by atoms with van der Waals surface area (Å²) >= 11 is 0. The minimum Gasteiger partial charge on any atom is -0.415 e. The summed E-state index contributed by atoms with van der Waals surface area (Å²) in [4.78, 5) is 0. The predicted octanol–water partition coefficient (Wildman–Crippen LogP) is 0.350. The molecule has 8 heavy (non-hydrogen) atoms. The maximum absolute atomic E-state index is 5.54. The second kappa shape index (κ2) is 2.17. The highest BCUT2D eigenvalue weighted by atomic mass is 28.4. The molecule has 0 amide bonds. The minimum atomic E-state index is -1.20. The van der Waals surface area contributed by atoms with Crippen molar-refractivity contribution in [2.75, 3.05) is 19.3 Å². The molecule has 1 aliphatic rings. The van der Waals surface area contributed by atoms with Crippen LogP contribution in [0.1, 0.15) is 0 Å². The van der Waals surface area contributed by atoms with Crippen molar-refractivity contribution >= 4 is 8.32 Å². The summed E-state index contributed by atoms with van der Waals surface area (Å²) in [6.07, 6.45) is 1.12. The van der Waals surface area contributed by atoms with Crippen molar-refractivity contribution in [1.82, 2.24) is 5.32 Å². The molecule has 1 fully saturated rings. The van der Waals surface area contributed by atoms with Crippen LogP contribution in [0.25, 0.3) is 0 Å². The van der Waals surface area contributed by atoms with Gasteiger partial charge in [0.25, 0.3) is 0 Å². The molecule has 0 aromatic rings. The van der Waals surface area contributed by atoms with Crippen molar-refractivity contribution in [3.63, 3.8) is 0 Å². The molecule has 48 valence electrons. The number of rotatable bonds is 0. The van der Waals surface area contributed by atoms with E-state index in [0.29, 0.717) is 0 Å². The largest absolute Gasteiger partial charge is 0.415 e. The number of hydrogen-bond donors (Lipinski definition) is 1. The molecule has 0 radical (unpaired) electrons. The van der Waals surface area contributed by atoms with Gasteiger partial charge in [0.1, 0.15) is 0 Å². The van der Waals surface area contributed by atoms with Gasteiger partial charge in [0.15, 0.2) is 8.32 Å². The minimum absolute atomic E-state index is 0.916. The molecule has 1 aliphatic heterocycles. The van der Waals surface area contributed by atoms with Crippen molar-refractivity contribution in [2.24, 2.45) is 0 Å². The van der Waals surface area contributed by atoms with Crippen LogP contribution in [0, 0.1) is 0 Å². The highest BCUT2D eigenvalue weighted by Gasteiger charge is 2.24. The third-order valence-corrected chi connectivity index (χ3v) is 3.41. The van der Waals surface area contributed by atoms with Crippen LogP contribution in [0.15, 0.2) is 0 Å². The molecule has 0 bridgehead atoms. The molecule has 1 rings (SSSR count). The molecular weight excluding hydrogens is 118 g/mol. The number of nitrogens with one attached hydrogen (secondary N) is 1. The third-order valence-electron chi connectivity index (χ3n) is 1.32. The lowest BCUT2D eigenvalue weighted by atomic mass is 10.7. The van der Waals surface area contributed by atoms with Crippen LogP contribution >= 0.6 is 0 Å². The normalized spacial score (nSPS) is 27.8. The van der Waals surface area contributed by atoms with Gasteiger partial charge in [-0.2, -0.15) is 0 Å². The van der Waals surface area contributed by atoms with Gasteiger partial charge in [-0.25, -0.2) is 0 Å². The fourth-order valence-corrected chi connectivity index (χ4v) is 2.38. The number of hydrogen-bond acceptors (Lipinski definition) is 2. The van der Waals surface area contributed by atoms with Gasteiger partial charge >= 0.3 is 0 Å². The molecule has 0 spiro atoms. The molecule has 0 aliphatic carbocycles. The molecule has 1 N–H and O–H groups in total. The van der Waals surface area contributed by atoms with Crippen molar-refractivity contribution in [2.45, 2.75) is 13.1 Å². The van der Waals surface area contributed by atoms with E-state index in [1.54, 1.807) is 0 Å². The third kappa shape index (κ3) is 1.58. The van der Waals surface area contributed by atoms with E-state index in [1.165, 1.54) is 0 Å². The fourth-order valence-electron chi connectivity index (χ4n) is 0.840. The summed E-state index contributed by atoms with van der Waals surface area (Å²) in [6, 6.07) is 0. The Morgan fingerprint density at radius 1 is 1.50 bits per heavy atom. The maximum Gasteiger partial charge on any atom is 0.200 e. The maximum atomic E-state index is 5.54.